The van der Waals surface area contributed by atoms with Crippen LogP contribution < -0.4 is 16.1 Å². The fraction of sp³-hybridized carbons (Fsp3) is 0.348. The smallest absolute Gasteiger partial charge is 0.257 e. The molecule has 0 bridgehead atoms. The molecule has 1 saturated heterocycles. The Balaban J connectivity index is 1.35. The number of para-hydroxylation sites is 1. The van der Waals surface area contributed by atoms with Crippen LogP contribution in [0.15, 0.2) is 51.8 Å². The molecule has 2 amide bonds. The van der Waals surface area contributed by atoms with Crippen LogP contribution in [0.2, 0.25) is 0 Å². The maximum Gasteiger partial charge on any atom is 0.257 e. The summed E-state index contributed by atoms with van der Waals surface area (Å²) in [5.41, 5.74) is 0.268. The van der Waals surface area contributed by atoms with Gasteiger partial charge in [0.25, 0.3) is 5.91 Å². The molecule has 162 valence electrons. The van der Waals surface area contributed by atoms with Crippen LogP contribution in [0.5, 0.6) is 0 Å². The van der Waals surface area contributed by atoms with Crippen LogP contribution in [0.1, 0.15) is 40.8 Å². The number of pyridine rings is 1. The number of likely N-dealkylation sites (tertiary alicyclic amines) is 1. The quantitative estimate of drug-likeness (QED) is 0.541. The lowest BCUT2D eigenvalue weighted by Gasteiger charge is -2.26. The number of benzene rings is 1. The number of carbonyl (C=O) groups excluding carboxylic acids is 2. The number of amides is 2. The number of fused-ring (bicyclic) bond motifs is 1. The Bertz CT molecular complexity index is 1140. The lowest BCUT2D eigenvalue weighted by molar-refractivity contribution is -0.120. The zero-order valence-corrected chi connectivity index (χ0v) is 17.4. The van der Waals surface area contributed by atoms with E-state index < -0.39 is 5.91 Å². The van der Waals surface area contributed by atoms with E-state index in [1.54, 1.807) is 18.2 Å². The highest BCUT2D eigenvalue weighted by Gasteiger charge is 2.26. The number of aryl methyl sites for hydroxylation is 1. The SMILES string of the molecule is Cc1ccc(C(CNC(=O)CNC(=O)c2c[nH]c3ccccc3c2=O)N2CCCC2)o1. The molecular formula is C23H26N4O4. The van der Waals surface area contributed by atoms with Crippen molar-refractivity contribution in [2.45, 2.75) is 25.8 Å². The molecule has 1 unspecified atom stereocenters. The first-order valence-electron chi connectivity index (χ1n) is 10.5. The lowest BCUT2D eigenvalue weighted by atomic mass is 10.1. The molecule has 1 aromatic carbocycles. The summed E-state index contributed by atoms with van der Waals surface area (Å²) in [4.78, 5) is 42.6. The second kappa shape index (κ2) is 9.18. The Hall–Kier alpha value is -3.39. The van der Waals surface area contributed by atoms with Gasteiger partial charge < -0.3 is 20.0 Å². The highest BCUT2D eigenvalue weighted by Crippen LogP contribution is 2.26. The molecule has 0 radical (unpaired) electrons. The minimum absolute atomic E-state index is 0.0208. The fourth-order valence-electron chi connectivity index (χ4n) is 3.96. The first kappa shape index (κ1) is 20.9. The molecule has 8 heteroatoms. The maximum absolute atomic E-state index is 12.5. The van der Waals surface area contributed by atoms with Crippen molar-refractivity contribution < 1.29 is 14.0 Å². The lowest BCUT2D eigenvalue weighted by Crippen LogP contribution is -2.42. The number of hydrogen-bond acceptors (Lipinski definition) is 5. The van der Waals surface area contributed by atoms with Crippen molar-refractivity contribution >= 4 is 22.7 Å². The average molecular weight is 422 g/mol. The molecule has 3 N–H and O–H groups in total. The minimum atomic E-state index is -0.583. The summed E-state index contributed by atoms with van der Waals surface area (Å²) in [6.45, 7) is 3.99. The van der Waals surface area contributed by atoms with Gasteiger partial charge in [-0.3, -0.25) is 19.3 Å². The van der Waals surface area contributed by atoms with E-state index in [9.17, 15) is 14.4 Å². The molecule has 3 aromatic rings. The molecule has 1 aliphatic rings. The average Bonchev–Trinajstić information content (AvgIpc) is 3.45. The molecule has 4 rings (SSSR count). The van der Waals surface area contributed by atoms with Crippen molar-refractivity contribution in [3.05, 3.63) is 69.9 Å². The summed E-state index contributed by atoms with van der Waals surface area (Å²) in [6, 6.07) is 10.8. The number of hydrogen-bond donors (Lipinski definition) is 3. The van der Waals surface area contributed by atoms with E-state index in [1.807, 2.05) is 25.1 Å². The minimum Gasteiger partial charge on any atom is -0.465 e. The predicted molar refractivity (Wildman–Crippen MR) is 117 cm³/mol. The van der Waals surface area contributed by atoms with E-state index in [4.69, 9.17) is 4.42 Å². The van der Waals surface area contributed by atoms with Gasteiger partial charge in [0.15, 0.2) is 0 Å². The Labute approximate surface area is 179 Å². The zero-order chi connectivity index (χ0) is 21.8. The van der Waals surface area contributed by atoms with Crippen LogP contribution >= 0.6 is 0 Å². The first-order chi connectivity index (χ1) is 15.0. The fourth-order valence-corrected chi connectivity index (χ4v) is 3.96. The van der Waals surface area contributed by atoms with Gasteiger partial charge in [0, 0.05) is 23.6 Å². The van der Waals surface area contributed by atoms with Gasteiger partial charge in [0.1, 0.15) is 17.1 Å². The second-order valence-corrected chi connectivity index (χ2v) is 7.77. The molecule has 31 heavy (non-hydrogen) atoms. The van der Waals surface area contributed by atoms with Crippen LogP contribution in [-0.2, 0) is 4.79 Å². The molecule has 0 aliphatic carbocycles. The summed E-state index contributed by atoms with van der Waals surface area (Å²) in [6.07, 6.45) is 3.63. The monoisotopic (exact) mass is 422 g/mol. The number of furan rings is 1. The Morgan fingerprint density at radius 1 is 1.13 bits per heavy atom. The number of rotatable bonds is 7. The standard InChI is InChI=1S/C23H26N4O4/c1-15-8-9-20(31-15)19(27-10-4-5-11-27)13-25-21(28)14-26-23(30)17-12-24-18-7-3-2-6-16(18)22(17)29/h2-3,6-9,12,19H,4-5,10-11,13-14H2,1H3,(H,24,29)(H,25,28)(H,26,30). The topological polar surface area (TPSA) is 107 Å². The van der Waals surface area contributed by atoms with Crippen molar-refractivity contribution in [2.75, 3.05) is 26.2 Å². The van der Waals surface area contributed by atoms with Crippen LogP contribution in [0.4, 0.5) is 0 Å². The predicted octanol–water partition coefficient (Wildman–Crippen LogP) is 2.11. The van der Waals surface area contributed by atoms with Crippen molar-refractivity contribution in [1.29, 1.82) is 0 Å². The van der Waals surface area contributed by atoms with Gasteiger partial charge in [-0.05, 0) is 57.1 Å². The Kier molecular flexibility index (Phi) is 6.18. The third-order valence-electron chi connectivity index (χ3n) is 5.61. The summed E-state index contributed by atoms with van der Waals surface area (Å²) in [5.74, 6) is 0.753. The summed E-state index contributed by atoms with van der Waals surface area (Å²) < 4.78 is 5.79. The van der Waals surface area contributed by atoms with Gasteiger partial charge in [-0.1, -0.05) is 12.1 Å². The maximum atomic E-state index is 12.5. The van der Waals surface area contributed by atoms with E-state index in [1.165, 1.54) is 6.20 Å². The molecular weight excluding hydrogens is 396 g/mol. The first-order valence-corrected chi connectivity index (χ1v) is 10.5. The highest BCUT2D eigenvalue weighted by molar-refractivity contribution is 5.98. The number of nitrogens with zero attached hydrogens (tertiary/aromatic N) is 1. The van der Waals surface area contributed by atoms with Gasteiger partial charge >= 0.3 is 0 Å². The van der Waals surface area contributed by atoms with Crippen molar-refractivity contribution in [3.8, 4) is 0 Å². The molecule has 0 saturated carbocycles. The molecule has 8 nitrogen and oxygen atoms in total. The van der Waals surface area contributed by atoms with Crippen molar-refractivity contribution in [1.82, 2.24) is 20.5 Å². The zero-order valence-electron chi connectivity index (χ0n) is 17.4. The largest absolute Gasteiger partial charge is 0.465 e. The van der Waals surface area contributed by atoms with Crippen LogP contribution in [0.3, 0.4) is 0 Å². The number of H-pyrrole nitrogens is 1. The van der Waals surface area contributed by atoms with Crippen LogP contribution in [0.25, 0.3) is 10.9 Å². The summed E-state index contributed by atoms with van der Waals surface area (Å²) >= 11 is 0. The summed E-state index contributed by atoms with van der Waals surface area (Å²) in [7, 11) is 0. The molecule has 0 spiro atoms. The second-order valence-electron chi connectivity index (χ2n) is 7.77. The van der Waals surface area contributed by atoms with Crippen molar-refractivity contribution in [2.24, 2.45) is 0 Å². The van der Waals surface area contributed by atoms with Gasteiger partial charge in [-0.25, -0.2) is 0 Å². The third kappa shape index (κ3) is 4.69. The van der Waals surface area contributed by atoms with E-state index >= 15 is 0 Å². The highest BCUT2D eigenvalue weighted by atomic mass is 16.3. The molecule has 3 heterocycles. The van der Waals surface area contributed by atoms with E-state index in [-0.39, 0.29) is 29.5 Å². The van der Waals surface area contributed by atoms with Gasteiger partial charge in [-0.2, -0.15) is 0 Å². The molecule has 1 fully saturated rings. The number of carbonyl (C=O) groups is 2. The Morgan fingerprint density at radius 3 is 2.65 bits per heavy atom. The number of nitrogens with one attached hydrogen (secondary N) is 3. The molecule has 2 aromatic heterocycles. The van der Waals surface area contributed by atoms with Gasteiger partial charge in [0.05, 0.1) is 12.6 Å². The molecule has 1 aliphatic heterocycles. The summed E-state index contributed by atoms with van der Waals surface area (Å²) in [5, 5.41) is 5.84. The van der Waals surface area contributed by atoms with E-state index in [2.05, 4.69) is 20.5 Å². The van der Waals surface area contributed by atoms with Gasteiger partial charge in [0.2, 0.25) is 11.3 Å². The number of aromatic nitrogens is 1. The normalized spacial score (nSPS) is 15.1. The third-order valence-corrected chi connectivity index (χ3v) is 5.61. The van der Waals surface area contributed by atoms with Crippen LogP contribution in [-0.4, -0.2) is 47.9 Å². The van der Waals surface area contributed by atoms with Crippen LogP contribution in [0, 0.1) is 6.92 Å². The van der Waals surface area contributed by atoms with E-state index in [0.29, 0.717) is 17.4 Å². The molecule has 1 atom stereocenters. The number of aromatic amines is 1. The van der Waals surface area contributed by atoms with Crippen molar-refractivity contribution in [3.63, 3.8) is 0 Å². The Morgan fingerprint density at radius 2 is 1.90 bits per heavy atom. The van der Waals surface area contributed by atoms with Gasteiger partial charge in [-0.15, -0.1) is 0 Å². The van der Waals surface area contributed by atoms with E-state index in [0.717, 1.165) is 37.5 Å².